The quantitative estimate of drug-likeness (QED) is 0.817. The summed E-state index contributed by atoms with van der Waals surface area (Å²) in [7, 11) is -3.63. The molecule has 0 bridgehead atoms. The van der Waals surface area contributed by atoms with Crippen LogP contribution in [0, 0.1) is 5.82 Å². The van der Waals surface area contributed by atoms with Crippen molar-refractivity contribution >= 4 is 15.9 Å². The number of hydrogen-bond donors (Lipinski definition) is 1. The third-order valence-corrected chi connectivity index (χ3v) is 5.82. The standard InChI is InChI=1S/C19H21FN2O4S/c20-16-8-6-15(7-9-16)18-14-22(12-13-26-18)19(23)10-11-21-27(24,25)17-4-2-1-3-5-17/h1-9,18,21H,10-14H2. The molecule has 0 aliphatic carbocycles. The van der Waals surface area contributed by atoms with Gasteiger partial charge in [0.1, 0.15) is 11.9 Å². The van der Waals surface area contributed by atoms with E-state index >= 15 is 0 Å². The average molecular weight is 392 g/mol. The van der Waals surface area contributed by atoms with E-state index in [2.05, 4.69) is 4.72 Å². The number of ether oxygens (including phenoxy) is 1. The van der Waals surface area contributed by atoms with E-state index in [4.69, 9.17) is 4.74 Å². The fraction of sp³-hybridized carbons (Fsp3) is 0.316. The summed E-state index contributed by atoms with van der Waals surface area (Å²) in [4.78, 5) is 14.2. The highest BCUT2D eigenvalue weighted by Crippen LogP contribution is 2.22. The molecule has 1 fully saturated rings. The van der Waals surface area contributed by atoms with Crippen LogP contribution >= 0.6 is 0 Å². The summed E-state index contributed by atoms with van der Waals surface area (Å²) >= 11 is 0. The smallest absolute Gasteiger partial charge is 0.240 e. The molecule has 2 aromatic rings. The molecule has 6 nitrogen and oxygen atoms in total. The third kappa shape index (κ3) is 5.12. The monoisotopic (exact) mass is 392 g/mol. The van der Waals surface area contributed by atoms with E-state index in [0.717, 1.165) is 5.56 Å². The maximum absolute atomic E-state index is 13.1. The van der Waals surface area contributed by atoms with Gasteiger partial charge in [-0.05, 0) is 29.8 Å². The van der Waals surface area contributed by atoms with E-state index < -0.39 is 10.0 Å². The maximum atomic E-state index is 13.1. The molecule has 0 aromatic heterocycles. The topological polar surface area (TPSA) is 75.7 Å². The van der Waals surface area contributed by atoms with E-state index in [1.54, 1.807) is 35.2 Å². The van der Waals surface area contributed by atoms with Crippen LogP contribution in [-0.4, -0.2) is 45.5 Å². The van der Waals surface area contributed by atoms with Crippen molar-refractivity contribution in [1.29, 1.82) is 0 Å². The molecular formula is C19H21FN2O4S. The Morgan fingerprint density at radius 1 is 1.15 bits per heavy atom. The van der Waals surface area contributed by atoms with Gasteiger partial charge in [0.05, 0.1) is 18.0 Å². The van der Waals surface area contributed by atoms with E-state index in [1.807, 2.05) is 0 Å². The highest BCUT2D eigenvalue weighted by molar-refractivity contribution is 7.89. The van der Waals surface area contributed by atoms with Crippen molar-refractivity contribution in [3.8, 4) is 0 Å². The lowest BCUT2D eigenvalue weighted by Gasteiger charge is -2.33. The molecule has 0 radical (unpaired) electrons. The molecule has 27 heavy (non-hydrogen) atoms. The molecule has 1 saturated heterocycles. The van der Waals surface area contributed by atoms with Crippen molar-refractivity contribution in [3.05, 3.63) is 66.0 Å². The number of morpholine rings is 1. The van der Waals surface area contributed by atoms with E-state index in [1.165, 1.54) is 24.3 Å². The van der Waals surface area contributed by atoms with Gasteiger partial charge in [-0.25, -0.2) is 17.5 Å². The van der Waals surface area contributed by atoms with E-state index in [0.29, 0.717) is 19.7 Å². The van der Waals surface area contributed by atoms with Crippen LogP contribution in [0.1, 0.15) is 18.1 Å². The minimum atomic E-state index is -3.63. The van der Waals surface area contributed by atoms with Crippen LogP contribution in [0.15, 0.2) is 59.5 Å². The van der Waals surface area contributed by atoms with Crippen LogP contribution in [0.25, 0.3) is 0 Å². The number of carbonyl (C=O) groups excluding carboxylic acids is 1. The van der Waals surface area contributed by atoms with Crippen LogP contribution < -0.4 is 4.72 Å². The largest absolute Gasteiger partial charge is 0.370 e. The highest BCUT2D eigenvalue weighted by Gasteiger charge is 2.25. The first-order valence-corrected chi connectivity index (χ1v) is 10.1. The predicted molar refractivity (Wildman–Crippen MR) is 97.9 cm³/mol. The summed E-state index contributed by atoms with van der Waals surface area (Å²) in [6, 6.07) is 14.0. The van der Waals surface area contributed by atoms with Gasteiger partial charge in [-0.15, -0.1) is 0 Å². The highest BCUT2D eigenvalue weighted by atomic mass is 32.2. The SMILES string of the molecule is O=C(CCNS(=O)(=O)c1ccccc1)N1CCOC(c2ccc(F)cc2)C1. The summed E-state index contributed by atoms with van der Waals surface area (Å²) in [5, 5.41) is 0. The molecule has 3 rings (SSSR count). The van der Waals surface area contributed by atoms with Gasteiger partial charge < -0.3 is 9.64 Å². The normalized spacial score (nSPS) is 17.7. The number of nitrogens with zero attached hydrogens (tertiary/aromatic N) is 1. The lowest BCUT2D eigenvalue weighted by Crippen LogP contribution is -2.43. The Morgan fingerprint density at radius 3 is 2.56 bits per heavy atom. The Hall–Kier alpha value is -2.29. The molecule has 1 heterocycles. The van der Waals surface area contributed by atoms with Crippen molar-refractivity contribution in [2.75, 3.05) is 26.2 Å². The molecular weight excluding hydrogens is 371 g/mol. The van der Waals surface area contributed by atoms with Crippen LogP contribution in [0.5, 0.6) is 0 Å². The van der Waals surface area contributed by atoms with Crippen molar-refractivity contribution in [1.82, 2.24) is 9.62 Å². The van der Waals surface area contributed by atoms with Crippen LogP contribution in [0.4, 0.5) is 4.39 Å². The Bertz CT molecular complexity index is 872. The average Bonchev–Trinajstić information content (AvgIpc) is 2.69. The number of benzene rings is 2. The number of sulfonamides is 1. The molecule has 8 heteroatoms. The lowest BCUT2D eigenvalue weighted by atomic mass is 10.1. The fourth-order valence-electron chi connectivity index (χ4n) is 2.89. The number of amides is 1. The first kappa shape index (κ1) is 19.5. The van der Waals surface area contributed by atoms with Crippen LogP contribution in [0.3, 0.4) is 0 Å². The summed E-state index contributed by atoms with van der Waals surface area (Å²) in [5.74, 6) is -0.477. The molecule has 1 aliphatic heterocycles. The molecule has 1 atom stereocenters. The summed E-state index contributed by atoms with van der Waals surface area (Å²) < 4.78 is 45.5. The second-order valence-electron chi connectivity index (χ2n) is 6.21. The van der Waals surface area contributed by atoms with Gasteiger partial charge >= 0.3 is 0 Å². The first-order valence-electron chi connectivity index (χ1n) is 8.65. The maximum Gasteiger partial charge on any atom is 0.240 e. The Morgan fingerprint density at radius 2 is 1.85 bits per heavy atom. The lowest BCUT2D eigenvalue weighted by molar-refractivity contribution is -0.138. The van der Waals surface area contributed by atoms with E-state index in [9.17, 15) is 17.6 Å². The second kappa shape index (κ2) is 8.60. The van der Waals surface area contributed by atoms with Gasteiger partial charge in [-0.2, -0.15) is 0 Å². The number of halogens is 1. The van der Waals surface area contributed by atoms with Crippen molar-refractivity contribution in [2.45, 2.75) is 17.4 Å². The van der Waals surface area contributed by atoms with Crippen molar-refractivity contribution in [3.63, 3.8) is 0 Å². The zero-order valence-electron chi connectivity index (χ0n) is 14.7. The molecule has 1 unspecified atom stereocenters. The molecule has 144 valence electrons. The van der Waals surface area contributed by atoms with Gasteiger partial charge in [-0.1, -0.05) is 30.3 Å². The summed E-state index contributed by atoms with van der Waals surface area (Å²) in [6.45, 7) is 1.20. The molecule has 1 amide bonds. The minimum Gasteiger partial charge on any atom is -0.370 e. The zero-order chi connectivity index (χ0) is 19.3. The zero-order valence-corrected chi connectivity index (χ0v) is 15.5. The molecule has 0 saturated carbocycles. The third-order valence-electron chi connectivity index (χ3n) is 4.35. The van der Waals surface area contributed by atoms with Gasteiger partial charge in [0.15, 0.2) is 0 Å². The molecule has 1 N–H and O–H groups in total. The predicted octanol–water partition coefficient (Wildman–Crippen LogP) is 2.09. The van der Waals surface area contributed by atoms with Gasteiger partial charge in [0, 0.05) is 19.5 Å². The Labute approximate surface area is 158 Å². The Kier molecular flexibility index (Phi) is 6.20. The van der Waals surface area contributed by atoms with Crippen LogP contribution in [-0.2, 0) is 19.6 Å². The summed E-state index contributed by atoms with van der Waals surface area (Å²) in [6.07, 6.45) is -0.258. The van der Waals surface area contributed by atoms with Gasteiger partial charge in [-0.3, -0.25) is 4.79 Å². The van der Waals surface area contributed by atoms with E-state index in [-0.39, 0.29) is 35.7 Å². The fourth-order valence-corrected chi connectivity index (χ4v) is 3.94. The second-order valence-corrected chi connectivity index (χ2v) is 7.98. The van der Waals surface area contributed by atoms with Crippen molar-refractivity contribution in [2.24, 2.45) is 0 Å². The molecule has 2 aromatic carbocycles. The molecule has 1 aliphatic rings. The van der Waals surface area contributed by atoms with Crippen LogP contribution in [0.2, 0.25) is 0 Å². The number of hydrogen-bond acceptors (Lipinski definition) is 4. The summed E-state index contributed by atoms with van der Waals surface area (Å²) in [5.41, 5.74) is 0.804. The number of nitrogens with one attached hydrogen (secondary N) is 1. The number of carbonyl (C=O) groups is 1. The minimum absolute atomic E-state index is 0.0225. The Balaban J connectivity index is 1.52. The first-order chi connectivity index (χ1) is 13.0. The van der Waals surface area contributed by atoms with Gasteiger partial charge in [0.2, 0.25) is 15.9 Å². The van der Waals surface area contributed by atoms with Gasteiger partial charge in [0.25, 0.3) is 0 Å². The van der Waals surface area contributed by atoms with Crippen molar-refractivity contribution < 1.29 is 22.3 Å². The number of rotatable bonds is 6. The molecule has 0 spiro atoms.